The van der Waals surface area contributed by atoms with Crippen molar-refractivity contribution >= 4 is 6.29 Å². The largest absolute Gasteiger partial charge is 0.303 e. The fourth-order valence-corrected chi connectivity index (χ4v) is 2.69. The SMILES string of the molecule is CC1=C(CC=O)C2CCC1C2. The van der Waals surface area contributed by atoms with Crippen molar-refractivity contribution in [3.63, 3.8) is 0 Å². The molecule has 11 heavy (non-hydrogen) atoms. The minimum absolute atomic E-state index is 0.701. The van der Waals surface area contributed by atoms with Crippen molar-refractivity contribution in [2.75, 3.05) is 0 Å². The molecule has 1 fully saturated rings. The maximum absolute atomic E-state index is 10.3. The number of allylic oxidation sites excluding steroid dienone is 2. The van der Waals surface area contributed by atoms with Crippen LogP contribution < -0.4 is 0 Å². The van der Waals surface area contributed by atoms with E-state index in [-0.39, 0.29) is 0 Å². The molecular weight excluding hydrogens is 136 g/mol. The van der Waals surface area contributed by atoms with Crippen LogP contribution in [0.4, 0.5) is 0 Å². The van der Waals surface area contributed by atoms with Crippen LogP contribution in [0.1, 0.15) is 32.6 Å². The molecule has 2 bridgehead atoms. The highest BCUT2D eigenvalue weighted by Gasteiger charge is 2.36. The van der Waals surface area contributed by atoms with Crippen LogP contribution >= 0.6 is 0 Å². The van der Waals surface area contributed by atoms with Gasteiger partial charge in [0, 0.05) is 6.42 Å². The van der Waals surface area contributed by atoms with Crippen LogP contribution in [0.15, 0.2) is 11.1 Å². The van der Waals surface area contributed by atoms with Gasteiger partial charge in [-0.05, 0) is 38.0 Å². The molecule has 2 aliphatic carbocycles. The normalized spacial score (nSPS) is 35.0. The number of aldehydes is 1. The van der Waals surface area contributed by atoms with Gasteiger partial charge in [0.25, 0.3) is 0 Å². The Labute approximate surface area is 67.5 Å². The van der Waals surface area contributed by atoms with E-state index in [2.05, 4.69) is 6.92 Å². The quantitative estimate of drug-likeness (QED) is 0.436. The van der Waals surface area contributed by atoms with Gasteiger partial charge in [0.05, 0.1) is 0 Å². The number of hydrogen-bond acceptors (Lipinski definition) is 1. The van der Waals surface area contributed by atoms with Crippen LogP contribution in [-0.2, 0) is 4.79 Å². The van der Waals surface area contributed by atoms with Crippen molar-refractivity contribution in [2.24, 2.45) is 11.8 Å². The van der Waals surface area contributed by atoms with Gasteiger partial charge in [0.1, 0.15) is 6.29 Å². The van der Waals surface area contributed by atoms with E-state index >= 15 is 0 Å². The van der Waals surface area contributed by atoms with Crippen molar-refractivity contribution in [1.29, 1.82) is 0 Å². The van der Waals surface area contributed by atoms with E-state index in [0.29, 0.717) is 6.42 Å². The van der Waals surface area contributed by atoms with Crippen LogP contribution in [-0.4, -0.2) is 6.29 Å². The van der Waals surface area contributed by atoms with E-state index in [4.69, 9.17) is 0 Å². The standard InChI is InChI=1S/C10H14O/c1-7-8-2-3-9(6-8)10(7)4-5-11/h5,8-9H,2-4,6H2,1H3. The molecule has 60 valence electrons. The number of carbonyl (C=O) groups is 1. The molecule has 0 aromatic heterocycles. The second-order valence-electron chi connectivity index (χ2n) is 3.79. The topological polar surface area (TPSA) is 17.1 Å². The van der Waals surface area contributed by atoms with Gasteiger partial charge in [-0.2, -0.15) is 0 Å². The Bertz CT molecular complexity index is 215. The molecule has 2 atom stereocenters. The summed E-state index contributed by atoms with van der Waals surface area (Å²) in [6.07, 6.45) is 5.81. The van der Waals surface area contributed by atoms with E-state index in [1.807, 2.05) is 0 Å². The second kappa shape index (κ2) is 2.47. The van der Waals surface area contributed by atoms with E-state index in [0.717, 1.165) is 18.1 Å². The van der Waals surface area contributed by atoms with Gasteiger partial charge >= 0.3 is 0 Å². The van der Waals surface area contributed by atoms with Crippen molar-refractivity contribution < 1.29 is 4.79 Å². The monoisotopic (exact) mass is 150 g/mol. The first-order valence-electron chi connectivity index (χ1n) is 4.46. The molecule has 0 amide bonds. The predicted molar refractivity (Wildman–Crippen MR) is 44.2 cm³/mol. The first kappa shape index (κ1) is 7.08. The number of fused-ring (bicyclic) bond motifs is 2. The van der Waals surface area contributed by atoms with E-state index < -0.39 is 0 Å². The summed E-state index contributed by atoms with van der Waals surface area (Å²) in [5.41, 5.74) is 3.00. The van der Waals surface area contributed by atoms with Gasteiger partial charge in [0.15, 0.2) is 0 Å². The highest BCUT2D eigenvalue weighted by molar-refractivity contribution is 5.56. The summed E-state index contributed by atoms with van der Waals surface area (Å²) < 4.78 is 0. The van der Waals surface area contributed by atoms with Crippen LogP contribution in [0.3, 0.4) is 0 Å². The lowest BCUT2D eigenvalue weighted by Crippen LogP contribution is -2.01. The van der Waals surface area contributed by atoms with Gasteiger partial charge in [0.2, 0.25) is 0 Å². The smallest absolute Gasteiger partial charge is 0.124 e. The van der Waals surface area contributed by atoms with Gasteiger partial charge in [-0.25, -0.2) is 0 Å². The minimum Gasteiger partial charge on any atom is -0.303 e. The second-order valence-corrected chi connectivity index (χ2v) is 3.79. The van der Waals surface area contributed by atoms with Crippen LogP contribution in [0.25, 0.3) is 0 Å². The lowest BCUT2D eigenvalue weighted by Gasteiger charge is -2.14. The Kier molecular flexibility index (Phi) is 1.59. The highest BCUT2D eigenvalue weighted by atomic mass is 16.1. The van der Waals surface area contributed by atoms with Gasteiger partial charge in [-0.15, -0.1) is 0 Å². The Morgan fingerprint density at radius 1 is 1.45 bits per heavy atom. The first-order valence-corrected chi connectivity index (χ1v) is 4.46. The molecular formula is C10H14O. The summed E-state index contributed by atoms with van der Waals surface area (Å²) in [6, 6.07) is 0. The molecule has 0 aromatic rings. The summed E-state index contributed by atoms with van der Waals surface area (Å²) in [5, 5.41) is 0. The zero-order chi connectivity index (χ0) is 7.84. The molecule has 2 aliphatic rings. The highest BCUT2D eigenvalue weighted by Crippen LogP contribution is 2.48. The molecule has 0 spiro atoms. The zero-order valence-corrected chi connectivity index (χ0v) is 6.97. The molecule has 0 aromatic carbocycles. The lowest BCUT2D eigenvalue weighted by atomic mass is 9.91. The molecule has 0 N–H and O–H groups in total. The zero-order valence-electron chi connectivity index (χ0n) is 6.97. The third kappa shape index (κ3) is 0.943. The average molecular weight is 150 g/mol. The molecule has 2 unspecified atom stereocenters. The van der Waals surface area contributed by atoms with E-state index in [9.17, 15) is 4.79 Å². The van der Waals surface area contributed by atoms with Gasteiger partial charge < -0.3 is 4.79 Å². The molecule has 1 saturated carbocycles. The van der Waals surface area contributed by atoms with Crippen LogP contribution in [0.2, 0.25) is 0 Å². The first-order chi connectivity index (χ1) is 5.33. The maximum atomic E-state index is 10.3. The Morgan fingerprint density at radius 3 is 2.73 bits per heavy atom. The fraction of sp³-hybridized carbons (Fsp3) is 0.700. The van der Waals surface area contributed by atoms with Crippen LogP contribution in [0, 0.1) is 11.8 Å². The predicted octanol–water partition coefficient (Wildman–Crippen LogP) is 2.32. The lowest BCUT2D eigenvalue weighted by molar-refractivity contribution is -0.107. The summed E-state index contributed by atoms with van der Waals surface area (Å²) in [6.45, 7) is 2.21. The van der Waals surface area contributed by atoms with Crippen molar-refractivity contribution in [3.8, 4) is 0 Å². The van der Waals surface area contributed by atoms with Crippen LogP contribution in [0.5, 0.6) is 0 Å². The Balaban J connectivity index is 2.23. The van der Waals surface area contributed by atoms with Crippen molar-refractivity contribution in [3.05, 3.63) is 11.1 Å². The minimum atomic E-state index is 0.701. The molecule has 2 rings (SSSR count). The molecule has 0 aliphatic heterocycles. The third-order valence-electron chi connectivity index (χ3n) is 3.35. The van der Waals surface area contributed by atoms with E-state index in [1.54, 1.807) is 0 Å². The summed E-state index contributed by atoms with van der Waals surface area (Å²) in [5.74, 6) is 1.63. The van der Waals surface area contributed by atoms with Crippen molar-refractivity contribution in [1.82, 2.24) is 0 Å². The molecule has 0 heterocycles. The number of rotatable bonds is 2. The summed E-state index contributed by atoms with van der Waals surface area (Å²) in [4.78, 5) is 10.3. The Hall–Kier alpha value is -0.590. The van der Waals surface area contributed by atoms with Gasteiger partial charge in [-0.3, -0.25) is 0 Å². The van der Waals surface area contributed by atoms with Crippen molar-refractivity contribution in [2.45, 2.75) is 32.6 Å². The summed E-state index contributed by atoms with van der Waals surface area (Å²) >= 11 is 0. The maximum Gasteiger partial charge on any atom is 0.124 e. The number of carbonyl (C=O) groups excluding carboxylic acids is 1. The molecule has 0 radical (unpaired) electrons. The average Bonchev–Trinajstić information content (AvgIpc) is 2.54. The Morgan fingerprint density at radius 2 is 2.18 bits per heavy atom. The van der Waals surface area contributed by atoms with Gasteiger partial charge in [-0.1, -0.05) is 11.1 Å². The fourth-order valence-electron chi connectivity index (χ4n) is 2.69. The number of hydrogen-bond donors (Lipinski definition) is 0. The molecule has 1 nitrogen and oxygen atoms in total. The van der Waals surface area contributed by atoms with E-state index in [1.165, 1.54) is 30.4 Å². The summed E-state index contributed by atoms with van der Waals surface area (Å²) in [7, 11) is 0. The third-order valence-corrected chi connectivity index (χ3v) is 3.35. The molecule has 1 heteroatoms. The molecule has 0 saturated heterocycles.